The van der Waals surface area contributed by atoms with Gasteiger partial charge < -0.3 is 0 Å². The Balaban J connectivity index is 2.23. The maximum absolute atomic E-state index is 14.2. The van der Waals surface area contributed by atoms with Crippen molar-refractivity contribution < 1.29 is 18.4 Å². The van der Waals surface area contributed by atoms with Crippen LogP contribution in [-0.2, 0) is 18.3 Å². The predicted molar refractivity (Wildman–Crippen MR) is 103 cm³/mol. The van der Waals surface area contributed by atoms with Crippen LogP contribution in [0.1, 0.15) is 28.0 Å². The number of aromatic nitrogens is 2. The summed E-state index contributed by atoms with van der Waals surface area (Å²) in [5, 5.41) is 5.55. The second kappa shape index (κ2) is 9.32. The number of alkyl halides is 1. The van der Waals surface area contributed by atoms with E-state index in [0.29, 0.717) is 22.0 Å². The number of halogens is 5. The van der Waals surface area contributed by atoms with Gasteiger partial charge in [-0.1, -0.05) is 39.1 Å². The van der Waals surface area contributed by atoms with Crippen molar-refractivity contribution in [3.05, 3.63) is 49.4 Å². The zero-order valence-electron chi connectivity index (χ0n) is 14.9. The van der Waals surface area contributed by atoms with Crippen LogP contribution in [0, 0.1) is 12.9 Å². The van der Waals surface area contributed by atoms with Crippen molar-refractivity contribution >= 4 is 45.0 Å². The van der Waals surface area contributed by atoms with Gasteiger partial charge in [0.25, 0.3) is 5.91 Å². The van der Waals surface area contributed by atoms with Gasteiger partial charge in [-0.2, -0.15) is 9.49 Å². The van der Waals surface area contributed by atoms with E-state index in [2.05, 4.69) is 21.0 Å². The molecule has 1 atom stereocenters. The monoisotopic (exact) mass is 483 g/mol. The molecule has 0 bridgehead atoms. The molecule has 1 amide bonds. The van der Waals surface area contributed by atoms with Crippen LogP contribution < -0.4 is 0 Å². The molecule has 0 fully saturated rings. The van der Waals surface area contributed by atoms with E-state index >= 15 is 0 Å². The standard InChI is InChI=1S/C17H18BrCl2F2N3O2/c1-9-15(16(22)24(2)23-9)17(26)25(27-3)11(8-21)4-5-12-13(19)6-10(18)7-14(12)20/h6-7,11H,4-5,8H2,1-3H3. The van der Waals surface area contributed by atoms with Crippen molar-refractivity contribution in [2.45, 2.75) is 25.8 Å². The number of rotatable bonds is 7. The highest BCUT2D eigenvalue weighted by atomic mass is 79.9. The smallest absolute Gasteiger partial charge is 0.274 e. The van der Waals surface area contributed by atoms with E-state index in [1.165, 1.54) is 21.1 Å². The first-order chi connectivity index (χ1) is 12.7. The van der Waals surface area contributed by atoms with E-state index in [1.807, 2.05) is 0 Å². The van der Waals surface area contributed by atoms with Crippen LogP contribution in [0.2, 0.25) is 10.0 Å². The summed E-state index contributed by atoms with van der Waals surface area (Å²) in [4.78, 5) is 17.8. The molecule has 2 aromatic rings. The molecule has 0 saturated heterocycles. The van der Waals surface area contributed by atoms with Gasteiger partial charge in [0, 0.05) is 21.6 Å². The van der Waals surface area contributed by atoms with Gasteiger partial charge in [0.1, 0.15) is 12.2 Å². The van der Waals surface area contributed by atoms with Crippen LogP contribution in [0.4, 0.5) is 8.78 Å². The molecule has 1 heterocycles. The minimum atomic E-state index is -0.947. The molecule has 1 aromatic carbocycles. The summed E-state index contributed by atoms with van der Waals surface area (Å²) in [6.45, 7) is 0.613. The molecule has 10 heteroatoms. The molecule has 27 heavy (non-hydrogen) atoms. The Labute approximate surface area is 174 Å². The van der Waals surface area contributed by atoms with Gasteiger partial charge in [-0.15, -0.1) is 0 Å². The molecule has 2 rings (SSSR count). The highest BCUT2D eigenvalue weighted by molar-refractivity contribution is 9.10. The lowest BCUT2D eigenvalue weighted by Gasteiger charge is -2.27. The first kappa shape index (κ1) is 22.1. The topological polar surface area (TPSA) is 47.4 Å². The Morgan fingerprint density at radius 3 is 2.44 bits per heavy atom. The van der Waals surface area contributed by atoms with Crippen molar-refractivity contribution in [2.24, 2.45) is 7.05 Å². The molecule has 1 unspecified atom stereocenters. The van der Waals surface area contributed by atoms with Crippen LogP contribution in [0.5, 0.6) is 0 Å². The molecule has 0 spiro atoms. The molecule has 0 aliphatic rings. The second-order valence-corrected chi connectivity index (χ2v) is 7.61. The first-order valence-electron chi connectivity index (χ1n) is 7.97. The van der Waals surface area contributed by atoms with E-state index in [1.54, 1.807) is 12.1 Å². The number of benzene rings is 1. The summed E-state index contributed by atoms with van der Waals surface area (Å²) >= 11 is 15.7. The number of carbonyl (C=O) groups excluding carboxylic acids is 1. The normalized spacial score (nSPS) is 12.3. The summed E-state index contributed by atoms with van der Waals surface area (Å²) in [5.41, 5.74) is 0.573. The predicted octanol–water partition coefficient (Wildman–Crippen LogP) is 4.91. The minimum absolute atomic E-state index is 0.179. The Kier molecular flexibility index (Phi) is 7.62. The maximum atomic E-state index is 14.2. The van der Waals surface area contributed by atoms with Gasteiger partial charge in [0.15, 0.2) is 0 Å². The first-order valence-corrected chi connectivity index (χ1v) is 9.52. The van der Waals surface area contributed by atoms with Crippen molar-refractivity contribution in [1.82, 2.24) is 14.8 Å². The lowest BCUT2D eigenvalue weighted by Crippen LogP contribution is -2.41. The Morgan fingerprint density at radius 1 is 1.41 bits per heavy atom. The van der Waals surface area contributed by atoms with Crippen molar-refractivity contribution in [3.8, 4) is 0 Å². The zero-order chi connectivity index (χ0) is 20.3. The van der Waals surface area contributed by atoms with Crippen LogP contribution in [-0.4, -0.2) is 40.6 Å². The lowest BCUT2D eigenvalue weighted by molar-refractivity contribution is -0.128. The summed E-state index contributed by atoms with van der Waals surface area (Å²) in [6, 6.07) is 2.42. The van der Waals surface area contributed by atoms with Gasteiger partial charge in [0.2, 0.25) is 5.95 Å². The average molecular weight is 485 g/mol. The van der Waals surface area contributed by atoms with Gasteiger partial charge in [0.05, 0.1) is 18.8 Å². The largest absolute Gasteiger partial charge is 0.284 e. The number of carbonyl (C=O) groups is 1. The Bertz CT molecular complexity index is 825. The molecular formula is C17H18BrCl2F2N3O2. The fourth-order valence-corrected chi connectivity index (χ4v) is 4.16. The third kappa shape index (κ3) is 4.80. The maximum Gasteiger partial charge on any atom is 0.284 e. The molecule has 0 aliphatic heterocycles. The van der Waals surface area contributed by atoms with E-state index in [9.17, 15) is 13.6 Å². The van der Waals surface area contributed by atoms with Gasteiger partial charge in [-0.3, -0.25) is 9.63 Å². The molecule has 0 aliphatic carbocycles. The summed E-state index contributed by atoms with van der Waals surface area (Å²) < 4.78 is 29.5. The molecule has 5 nitrogen and oxygen atoms in total. The highest BCUT2D eigenvalue weighted by Crippen LogP contribution is 2.31. The number of hydrogen-bond donors (Lipinski definition) is 0. The van der Waals surface area contributed by atoms with Gasteiger partial charge in [-0.25, -0.2) is 14.1 Å². The van der Waals surface area contributed by atoms with Crippen LogP contribution in [0.25, 0.3) is 0 Å². The SMILES string of the molecule is CON(C(=O)c1c(C)nn(C)c1F)C(CF)CCc1c(Cl)cc(Br)cc1Cl. The van der Waals surface area contributed by atoms with Gasteiger partial charge >= 0.3 is 0 Å². The molecule has 0 N–H and O–H groups in total. The summed E-state index contributed by atoms with van der Waals surface area (Å²) in [6.07, 6.45) is 0.485. The molecule has 0 saturated carbocycles. The number of hydroxylamine groups is 2. The summed E-state index contributed by atoms with van der Waals surface area (Å²) in [5.74, 6) is -1.60. The van der Waals surface area contributed by atoms with Crippen molar-refractivity contribution in [1.29, 1.82) is 0 Å². The fraction of sp³-hybridized carbons (Fsp3) is 0.412. The average Bonchev–Trinajstić information content (AvgIpc) is 2.84. The zero-order valence-corrected chi connectivity index (χ0v) is 18.0. The highest BCUT2D eigenvalue weighted by Gasteiger charge is 2.31. The number of hydrogen-bond acceptors (Lipinski definition) is 3. The third-order valence-corrected chi connectivity index (χ3v) is 5.24. The number of amides is 1. The van der Waals surface area contributed by atoms with E-state index in [4.69, 9.17) is 28.0 Å². The van der Waals surface area contributed by atoms with Crippen molar-refractivity contribution in [2.75, 3.05) is 13.8 Å². The minimum Gasteiger partial charge on any atom is -0.274 e. The van der Waals surface area contributed by atoms with Crippen LogP contribution in [0.3, 0.4) is 0 Å². The van der Waals surface area contributed by atoms with E-state index < -0.39 is 24.6 Å². The number of nitrogens with zero attached hydrogens (tertiary/aromatic N) is 3. The quantitative estimate of drug-likeness (QED) is 0.524. The van der Waals surface area contributed by atoms with E-state index in [-0.39, 0.29) is 17.7 Å². The molecule has 1 aromatic heterocycles. The van der Waals surface area contributed by atoms with Crippen LogP contribution in [0.15, 0.2) is 16.6 Å². The molecule has 148 valence electrons. The summed E-state index contributed by atoms with van der Waals surface area (Å²) in [7, 11) is 2.60. The van der Waals surface area contributed by atoms with E-state index in [0.717, 1.165) is 14.2 Å². The van der Waals surface area contributed by atoms with Gasteiger partial charge in [-0.05, 0) is 37.5 Å². The van der Waals surface area contributed by atoms with Crippen molar-refractivity contribution in [3.63, 3.8) is 0 Å². The third-order valence-electron chi connectivity index (χ3n) is 4.11. The fourth-order valence-electron chi connectivity index (χ4n) is 2.76. The van der Waals surface area contributed by atoms with Crippen LogP contribution >= 0.6 is 39.1 Å². The molecule has 0 radical (unpaired) electrons. The Morgan fingerprint density at radius 2 is 2.00 bits per heavy atom. The number of aryl methyl sites for hydroxylation is 2. The molecular weight excluding hydrogens is 467 g/mol. The lowest BCUT2D eigenvalue weighted by atomic mass is 10.0. The Hall–Kier alpha value is -1.22. The second-order valence-electron chi connectivity index (χ2n) is 5.88.